The van der Waals surface area contributed by atoms with Gasteiger partial charge in [0.1, 0.15) is 0 Å². The van der Waals surface area contributed by atoms with Crippen molar-refractivity contribution in [1.29, 1.82) is 0 Å². The molecule has 5 heteroatoms. The minimum Gasteiger partial charge on any atom is -0.375 e. The second-order valence-electron chi connectivity index (χ2n) is 8.86. The number of nitrogens with zero attached hydrogens (tertiary/aromatic N) is 3. The maximum atomic E-state index is 12.3. The number of piperidine rings is 1. The van der Waals surface area contributed by atoms with Crippen molar-refractivity contribution in [3.8, 4) is 0 Å². The minimum atomic E-state index is 0.155. The molecule has 0 saturated carbocycles. The van der Waals surface area contributed by atoms with E-state index in [9.17, 15) is 4.79 Å². The fourth-order valence-corrected chi connectivity index (χ4v) is 4.34. The molecule has 31 heavy (non-hydrogen) atoms. The highest BCUT2D eigenvalue weighted by Crippen LogP contribution is 2.18. The maximum absolute atomic E-state index is 12.3. The van der Waals surface area contributed by atoms with E-state index in [0.29, 0.717) is 6.54 Å². The Morgan fingerprint density at radius 3 is 2.32 bits per heavy atom. The average molecular weight is 423 g/mol. The predicted molar refractivity (Wildman–Crippen MR) is 129 cm³/mol. The molecule has 2 aromatic carbocycles. The van der Waals surface area contributed by atoms with Gasteiger partial charge in [-0.05, 0) is 63.0 Å². The van der Waals surface area contributed by atoms with Crippen molar-refractivity contribution in [2.75, 3.05) is 58.3 Å². The number of para-hydroxylation sites is 1. The van der Waals surface area contributed by atoms with Crippen molar-refractivity contribution in [2.24, 2.45) is 5.92 Å². The van der Waals surface area contributed by atoms with Crippen LogP contribution >= 0.6 is 0 Å². The number of anilines is 1. The monoisotopic (exact) mass is 422 g/mol. The lowest BCUT2D eigenvalue weighted by Gasteiger charge is -2.33. The molecular formula is C26H38N4O. The molecular weight excluding hydrogens is 384 g/mol. The molecule has 1 N–H and O–H groups in total. The van der Waals surface area contributed by atoms with E-state index in [-0.39, 0.29) is 5.91 Å². The number of carbonyl (C=O) groups is 1. The number of rotatable bonds is 11. The predicted octanol–water partition coefficient (Wildman–Crippen LogP) is 3.47. The first-order valence-electron chi connectivity index (χ1n) is 11.6. The van der Waals surface area contributed by atoms with E-state index in [1.807, 2.05) is 6.07 Å². The number of amides is 1. The molecule has 0 aromatic heterocycles. The lowest BCUT2D eigenvalue weighted by molar-refractivity contribution is -0.122. The lowest BCUT2D eigenvalue weighted by atomic mass is 9.96. The summed E-state index contributed by atoms with van der Waals surface area (Å²) in [5, 5.41) is 3.09. The van der Waals surface area contributed by atoms with Gasteiger partial charge in [0.2, 0.25) is 5.91 Å². The first kappa shape index (κ1) is 23.3. The van der Waals surface area contributed by atoms with E-state index >= 15 is 0 Å². The lowest BCUT2D eigenvalue weighted by Crippen LogP contribution is -2.43. The molecule has 0 atom stereocenters. The van der Waals surface area contributed by atoms with E-state index in [1.54, 1.807) is 0 Å². The van der Waals surface area contributed by atoms with Crippen LogP contribution in [0.2, 0.25) is 0 Å². The highest BCUT2D eigenvalue weighted by Gasteiger charge is 2.21. The van der Waals surface area contributed by atoms with Crippen LogP contribution in [0.4, 0.5) is 5.69 Å². The summed E-state index contributed by atoms with van der Waals surface area (Å²) in [6, 6.07) is 21.0. The fraction of sp³-hybridized carbons (Fsp3) is 0.500. The molecule has 1 aliphatic rings. The second kappa shape index (κ2) is 12.5. The third-order valence-electron chi connectivity index (χ3n) is 6.13. The molecule has 3 rings (SSSR count). The molecule has 0 radical (unpaired) electrons. The Morgan fingerprint density at radius 1 is 1.00 bits per heavy atom. The third kappa shape index (κ3) is 8.35. The zero-order valence-electron chi connectivity index (χ0n) is 19.2. The van der Waals surface area contributed by atoms with Gasteiger partial charge in [-0.3, -0.25) is 9.69 Å². The summed E-state index contributed by atoms with van der Waals surface area (Å²) in [6.07, 6.45) is 3.30. The van der Waals surface area contributed by atoms with Gasteiger partial charge in [0.25, 0.3) is 0 Å². The van der Waals surface area contributed by atoms with Crippen LogP contribution in [0.3, 0.4) is 0 Å². The van der Waals surface area contributed by atoms with Gasteiger partial charge in [-0.15, -0.1) is 0 Å². The van der Waals surface area contributed by atoms with Crippen molar-refractivity contribution in [3.63, 3.8) is 0 Å². The number of hydrogen-bond donors (Lipinski definition) is 1. The highest BCUT2D eigenvalue weighted by atomic mass is 16.2. The van der Waals surface area contributed by atoms with Crippen LogP contribution in [0, 0.1) is 5.92 Å². The van der Waals surface area contributed by atoms with Crippen molar-refractivity contribution < 1.29 is 4.79 Å². The maximum Gasteiger partial charge on any atom is 0.234 e. The summed E-state index contributed by atoms with van der Waals surface area (Å²) in [5.41, 5.74) is 2.58. The van der Waals surface area contributed by atoms with Gasteiger partial charge >= 0.3 is 0 Å². The van der Waals surface area contributed by atoms with Crippen LogP contribution in [-0.4, -0.2) is 69.1 Å². The molecule has 0 unspecified atom stereocenters. The molecule has 2 aromatic rings. The zero-order valence-corrected chi connectivity index (χ0v) is 19.2. The Morgan fingerprint density at radius 2 is 1.65 bits per heavy atom. The summed E-state index contributed by atoms with van der Waals surface area (Å²) in [6.45, 7) is 6.37. The average Bonchev–Trinajstić information content (AvgIpc) is 2.79. The summed E-state index contributed by atoms with van der Waals surface area (Å²) in [4.78, 5) is 19.3. The third-order valence-corrected chi connectivity index (χ3v) is 6.13. The van der Waals surface area contributed by atoms with E-state index < -0.39 is 0 Å². The van der Waals surface area contributed by atoms with Gasteiger partial charge in [0, 0.05) is 38.9 Å². The van der Waals surface area contributed by atoms with E-state index in [2.05, 4.69) is 88.7 Å². The standard InChI is InChI=1S/C26H38N4O/c1-28(20-23-10-5-3-6-11-23)21-24-14-18-30(19-15-24)22-26(31)27-16-9-17-29(2)25-12-7-4-8-13-25/h3-8,10-13,24H,9,14-22H2,1-2H3,(H,27,31). The Labute approximate surface area is 188 Å². The Hall–Kier alpha value is -2.37. The highest BCUT2D eigenvalue weighted by molar-refractivity contribution is 5.78. The van der Waals surface area contributed by atoms with Crippen LogP contribution < -0.4 is 10.2 Å². The summed E-state index contributed by atoms with van der Waals surface area (Å²) >= 11 is 0. The van der Waals surface area contributed by atoms with Crippen LogP contribution in [-0.2, 0) is 11.3 Å². The molecule has 168 valence electrons. The van der Waals surface area contributed by atoms with Gasteiger partial charge in [0.15, 0.2) is 0 Å². The normalized spacial score (nSPS) is 15.2. The topological polar surface area (TPSA) is 38.8 Å². The molecule has 5 nitrogen and oxygen atoms in total. The van der Waals surface area contributed by atoms with Gasteiger partial charge in [0.05, 0.1) is 6.54 Å². The molecule has 0 aliphatic carbocycles. The van der Waals surface area contributed by atoms with Gasteiger partial charge < -0.3 is 15.1 Å². The summed E-state index contributed by atoms with van der Waals surface area (Å²) in [5.74, 6) is 0.878. The fourth-order valence-electron chi connectivity index (χ4n) is 4.34. The van der Waals surface area contributed by atoms with Crippen molar-refractivity contribution in [1.82, 2.24) is 15.1 Å². The van der Waals surface area contributed by atoms with E-state index in [0.717, 1.165) is 51.6 Å². The molecule has 0 bridgehead atoms. The Bertz CT molecular complexity index is 759. The Balaban J connectivity index is 1.26. The minimum absolute atomic E-state index is 0.155. The smallest absolute Gasteiger partial charge is 0.234 e. The summed E-state index contributed by atoms with van der Waals surface area (Å²) < 4.78 is 0. The first-order valence-corrected chi connectivity index (χ1v) is 11.6. The molecule has 1 amide bonds. The summed E-state index contributed by atoms with van der Waals surface area (Å²) in [7, 11) is 4.31. The van der Waals surface area contributed by atoms with Crippen LogP contribution in [0.5, 0.6) is 0 Å². The van der Waals surface area contributed by atoms with E-state index in [1.165, 1.54) is 24.1 Å². The van der Waals surface area contributed by atoms with Crippen LogP contribution in [0.1, 0.15) is 24.8 Å². The van der Waals surface area contributed by atoms with Gasteiger partial charge in [-0.25, -0.2) is 0 Å². The SMILES string of the molecule is CN(Cc1ccccc1)CC1CCN(CC(=O)NCCCN(C)c2ccccc2)CC1. The quantitative estimate of drug-likeness (QED) is 0.563. The van der Waals surface area contributed by atoms with Crippen LogP contribution in [0.25, 0.3) is 0 Å². The molecule has 1 heterocycles. The number of likely N-dealkylation sites (tertiary alicyclic amines) is 1. The number of carbonyl (C=O) groups excluding carboxylic acids is 1. The van der Waals surface area contributed by atoms with Crippen LogP contribution in [0.15, 0.2) is 60.7 Å². The molecule has 1 saturated heterocycles. The number of nitrogens with one attached hydrogen (secondary N) is 1. The number of benzene rings is 2. The Kier molecular flexibility index (Phi) is 9.38. The first-order chi connectivity index (χ1) is 15.1. The van der Waals surface area contributed by atoms with Gasteiger partial charge in [-0.1, -0.05) is 48.5 Å². The van der Waals surface area contributed by atoms with Crippen molar-refractivity contribution in [2.45, 2.75) is 25.8 Å². The second-order valence-corrected chi connectivity index (χ2v) is 8.86. The van der Waals surface area contributed by atoms with Gasteiger partial charge in [-0.2, -0.15) is 0 Å². The number of hydrogen-bond acceptors (Lipinski definition) is 4. The molecule has 1 aliphatic heterocycles. The largest absolute Gasteiger partial charge is 0.375 e. The molecule has 1 fully saturated rings. The zero-order chi connectivity index (χ0) is 21.9. The van der Waals surface area contributed by atoms with E-state index in [4.69, 9.17) is 0 Å². The van der Waals surface area contributed by atoms with Crippen molar-refractivity contribution in [3.05, 3.63) is 66.2 Å². The van der Waals surface area contributed by atoms with Crippen molar-refractivity contribution >= 4 is 11.6 Å². The molecule has 0 spiro atoms.